The topological polar surface area (TPSA) is 114 Å². The molecule has 0 aliphatic heterocycles. The summed E-state index contributed by atoms with van der Waals surface area (Å²) in [6.07, 6.45) is 6.67. The Kier molecular flexibility index (Phi) is 9.48. The number of carbonyl (C=O) groups excluding carboxylic acids is 2. The monoisotopic (exact) mass is 467 g/mol. The van der Waals surface area contributed by atoms with Gasteiger partial charge in [0.15, 0.2) is 0 Å². The van der Waals surface area contributed by atoms with E-state index in [1.54, 1.807) is 18.2 Å². The Bertz CT molecular complexity index is 955. The van der Waals surface area contributed by atoms with Gasteiger partial charge in [-0.25, -0.2) is 0 Å². The first-order chi connectivity index (χ1) is 16.4. The highest BCUT2D eigenvalue weighted by atomic mass is 16.5. The number of rotatable bonds is 12. The fourth-order valence-corrected chi connectivity index (χ4v) is 4.72. The molecular formula is C27H37N3O4. The van der Waals surface area contributed by atoms with Crippen molar-refractivity contribution in [1.29, 1.82) is 0 Å². The molecule has 0 bridgehead atoms. The van der Waals surface area contributed by atoms with Gasteiger partial charge >= 0.3 is 0 Å². The Morgan fingerprint density at radius 3 is 2.47 bits per heavy atom. The van der Waals surface area contributed by atoms with Crippen molar-refractivity contribution in [2.24, 2.45) is 11.8 Å². The molecule has 0 radical (unpaired) electrons. The number of benzene rings is 2. The van der Waals surface area contributed by atoms with Gasteiger partial charge in [0.05, 0.1) is 18.8 Å². The van der Waals surface area contributed by atoms with Crippen molar-refractivity contribution in [2.45, 2.75) is 51.0 Å². The number of carbonyl (C=O) groups is 2. The second kappa shape index (κ2) is 12.5. The number of hydrogen-bond acceptors (Lipinski definition) is 6. The second-order valence-corrected chi connectivity index (χ2v) is 9.26. The molecule has 0 aromatic heterocycles. The predicted octanol–water partition coefficient (Wildman–Crippen LogP) is 3.81. The van der Waals surface area contributed by atoms with Crippen LogP contribution in [0.3, 0.4) is 0 Å². The number of ketones is 1. The molecule has 1 fully saturated rings. The molecule has 1 saturated carbocycles. The molecule has 1 unspecified atom stereocenters. The van der Waals surface area contributed by atoms with Crippen LogP contribution in [0.15, 0.2) is 42.5 Å². The Labute approximate surface area is 202 Å². The molecule has 0 spiro atoms. The summed E-state index contributed by atoms with van der Waals surface area (Å²) in [7, 11) is 3.33. The average molecular weight is 468 g/mol. The normalized spacial score (nSPS) is 15.6. The maximum atomic E-state index is 12.8. The van der Waals surface area contributed by atoms with Crippen LogP contribution in [-0.2, 0) is 11.2 Å². The molecule has 2 aromatic carbocycles. The van der Waals surface area contributed by atoms with Gasteiger partial charge in [0.25, 0.3) is 5.91 Å². The van der Waals surface area contributed by atoms with E-state index in [0.717, 1.165) is 18.4 Å². The number of nitrogens with one attached hydrogen (secondary N) is 2. The molecule has 34 heavy (non-hydrogen) atoms. The van der Waals surface area contributed by atoms with Gasteiger partial charge < -0.3 is 26.2 Å². The first-order valence-corrected chi connectivity index (χ1v) is 12.1. The van der Waals surface area contributed by atoms with Crippen LogP contribution in [0.2, 0.25) is 0 Å². The third-order valence-corrected chi connectivity index (χ3v) is 6.76. The zero-order valence-corrected chi connectivity index (χ0v) is 20.2. The minimum Gasteiger partial charge on any atom is -0.495 e. The highest BCUT2D eigenvalue weighted by Gasteiger charge is 2.25. The molecule has 1 aliphatic rings. The highest BCUT2D eigenvalue weighted by molar-refractivity contribution is 6.04. The summed E-state index contributed by atoms with van der Waals surface area (Å²) in [4.78, 5) is 25.3. The van der Waals surface area contributed by atoms with Crippen molar-refractivity contribution in [3.05, 3.63) is 53.6 Å². The van der Waals surface area contributed by atoms with Crippen molar-refractivity contribution >= 4 is 23.1 Å². The number of aliphatic hydroxyl groups is 1. The van der Waals surface area contributed by atoms with E-state index >= 15 is 0 Å². The zero-order valence-electron chi connectivity index (χ0n) is 20.2. The lowest BCUT2D eigenvalue weighted by atomic mass is 9.89. The minimum absolute atomic E-state index is 0.0202. The molecule has 1 aliphatic carbocycles. The van der Waals surface area contributed by atoms with Gasteiger partial charge in [-0.2, -0.15) is 0 Å². The zero-order chi connectivity index (χ0) is 24.5. The quantitative estimate of drug-likeness (QED) is 0.353. The number of hydrogen-bond donors (Lipinski definition) is 4. The Balaban J connectivity index is 1.55. The minimum atomic E-state index is -0.253. The standard InChI is InChI=1S/C27H37N3O4/c1-29-24(25(32)15-18-5-3-4-6-18)14-20(17-31)13-19-7-10-22(11-8-19)30-27(33)21-9-12-23(28)26(16-21)34-2/h7-12,16,18,20,24,29,31H,3-6,13-15,17,28H2,1-2H3,(H,30,33)/t20?,24-/m0/s1. The number of amides is 1. The van der Waals surface area contributed by atoms with Crippen LogP contribution < -0.4 is 21.1 Å². The van der Waals surface area contributed by atoms with Crippen LogP contribution in [-0.4, -0.2) is 43.6 Å². The van der Waals surface area contributed by atoms with Gasteiger partial charge in [0.2, 0.25) is 0 Å². The number of nitrogens with two attached hydrogens (primary N) is 1. The third-order valence-electron chi connectivity index (χ3n) is 6.76. The summed E-state index contributed by atoms with van der Waals surface area (Å²) in [6.45, 7) is 0.0202. The lowest BCUT2D eigenvalue weighted by molar-refractivity contribution is -0.122. The van der Waals surface area contributed by atoms with Crippen molar-refractivity contribution in [2.75, 3.05) is 31.8 Å². The van der Waals surface area contributed by atoms with Crippen molar-refractivity contribution in [3.63, 3.8) is 0 Å². The molecule has 5 N–H and O–H groups in total. The summed E-state index contributed by atoms with van der Waals surface area (Å²) in [5.41, 5.74) is 8.46. The van der Waals surface area contributed by atoms with E-state index in [2.05, 4.69) is 10.6 Å². The second-order valence-electron chi connectivity index (χ2n) is 9.26. The molecule has 3 rings (SSSR count). The van der Waals surface area contributed by atoms with Crippen LogP contribution in [0.4, 0.5) is 11.4 Å². The van der Waals surface area contributed by atoms with E-state index in [1.807, 2.05) is 31.3 Å². The highest BCUT2D eigenvalue weighted by Crippen LogP contribution is 2.29. The van der Waals surface area contributed by atoms with E-state index < -0.39 is 0 Å². The first kappa shape index (κ1) is 25.7. The molecule has 2 aromatic rings. The molecule has 1 amide bonds. The maximum Gasteiger partial charge on any atom is 0.255 e. The summed E-state index contributed by atoms with van der Waals surface area (Å²) in [5.74, 6) is 0.961. The van der Waals surface area contributed by atoms with Gasteiger partial charge in [0.1, 0.15) is 11.5 Å². The molecule has 0 heterocycles. The molecule has 184 valence electrons. The third kappa shape index (κ3) is 7.05. The van der Waals surface area contributed by atoms with Crippen molar-refractivity contribution in [3.8, 4) is 5.75 Å². The SMILES string of the molecule is CN[C@@H](CC(CO)Cc1ccc(NC(=O)c2ccc(N)c(OC)c2)cc1)C(=O)CC1CCCC1. The van der Waals surface area contributed by atoms with Crippen LogP contribution in [0.25, 0.3) is 0 Å². The molecule has 7 nitrogen and oxygen atoms in total. The predicted molar refractivity (Wildman–Crippen MR) is 135 cm³/mol. The first-order valence-electron chi connectivity index (χ1n) is 12.1. The average Bonchev–Trinajstić information content (AvgIpc) is 3.36. The van der Waals surface area contributed by atoms with Gasteiger partial charge in [0, 0.05) is 24.3 Å². The van der Waals surface area contributed by atoms with Gasteiger partial charge in [-0.1, -0.05) is 37.8 Å². The van der Waals surface area contributed by atoms with Crippen LogP contribution in [0.1, 0.15) is 54.4 Å². The van der Waals surface area contributed by atoms with Gasteiger partial charge in [-0.05, 0) is 67.6 Å². The van der Waals surface area contributed by atoms with Crippen LogP contribution in [0.5, 0.6) is 5.75 Å². The Morgan fingerprint density at radius 1 is 1.15 bits per heavy atom. The maximum absolute atomic E-state index is 12.8. The lowest BCUT2D eigenvalue weighted by Crippen LogP contribution is -2.37. The fourth-order valence-electron chi connectivity index (χ4n) is 4.72. The summed E-state index contributed by atoms with van der Waals surface area (Å²) in [5, 5.41) is 16.0. The molecule has 0 saturated heterocycles. The van der Waals surface area contributed by atoms with Crippen LogP contribution >= 0.6 is 0 Å². The van der Waals surface area contributed by atoms with Gasteiger partial charge in [-0.3, -0.25) is 9.59 Å². The largest absolute Gasteiger partial charge is 0.495 e. The molecular weight excluding hydrogens is 430 g/mol. The number of likely N-dealkylation sites (N-methyl/N-ethyl adjacent to an activating group) is 1. The Morgan fingerprint density at radius 2 is 1.85 bits per heavy atom. The summed E-state index contributed by atoms with van der Waals surface area (Å²) >= 11 is 0. The number of nitrogen functional groups attached to an aromatic ring is 1. The van der Waals surface area contributed by atoms with Crippen LogP contribution in [0, 0.1) is 11.8 Å². The smallest absolute Gasteiger partial charge is 0.255 e. The Hall–Kier alpha value is -2.90. The van der Waals surface area contributed by atoms with Crippen molar-refractivity contribution in [1.82, 2.24) is 5.32 Å². The van der Waals surface area contributed by atoms with E-state index in [9.17, 15) is 14.7 Å². The number of Topliss-reactive ketones (excluding diaryl/α,β-unsaturated/α-hetero) is 1. The lowest BCUT2D eigenvalue weighted by Gasteiger charge is -2.22. The number of methoxy groups -OCH3 is 1. The molecule has 7 heteroatoms. The summed E-state index contributed by atoms with van der Waals surface area (Å²) in [6, 6.07) is 12.2. The van der Waals surface area contributed by atoms with E-state index in [0.29, 0.717) is 47.9 Å². The van der Waals surface area contributed by atoms with E-state index in [1.165, 1.54) is 20.0 Å². The molecule has 2 atom stereocenters. The van der Waals surface area contributed by atoms with E-state index in [-0.39, 0.29) is 30.3 Å². The number of anilines is 2. The van der Waals surface area contributed by atoms with Gasteiger partial charge in [-0.15, -0.1) is 0 Å². The number of ether oxygens (including phenoxy) is 1. The summed E-state index contributed by atoms with van der Waals surface area (Å²) < 4.78 is 5.18. The van der Waals surface area contributed by atoms with E-state index in [4.69, 9.17) is 10.5 Å². The fraction of sp³-hybridized carbons (Fsp3) is 0.481. The number of aliphatic hydroxyl groups excluding tert-OH is 1. The van der Waals surface area contributed by atoms with Crippen molar-refractivity contribution < 1.29 is 19.4 Å².